The number of halogens is 2. The first-order chi connectivity index (χ1) is 8.08. The van der Waals surface area contributed by atoms with Crippen molar-refractivity contribution in [2.24, 2.45) is 0 Å². The second-order valence-corrected chi connectivity index (χ2v) is 3.90. The average molecular weight is 237 g/mol. The van der Waals surface area contributed by atoms with Crippen molar-refractivity contribution < 1.29 is 8.78 Å². The van der Waals surface area contributed by atoms with Crippen molar-refractivity contribution in [2.45, 2.75) is 6.55 Å². The van der Waals surface area contributed by atoms with Crippen LogP contribution < -0.4 is 4.90 Å². The van der Waals surface area contributed by atoms with Crippen LogP contribution in [0.3, 0.4) is 0 Å². The van der Waals surface area contributed by atoms with E-state index in [0.29, 0.717) is 10.4 Å². The van der Waals surface area contributed by atoms with Crippen LogP contribution in [0.4, 0.5) is 14.5 Å². The first-order valence-corrected chi connectivity index (χ1v) is 5.19. The Bertz CT molecular complexity index is 489. The molecule has 0 saturated carbocycles. The zero-order valence-corrected chi connectivity index (χ0v) is 9.64. The molecule has 0 bridgehead atoms. The maximum atomic E-state index is 12.4. The number of aromatic nitrogens is 2. The van der Waals surface area contributed by atoms with E-state index in [0.717, 1.165) is 11.3 Å². The van der Waals surface area contributed by atoms with Gasteiger partial charge in [0.1, 0.15) is 0 Å². The maximum Gasteiger partial charge on any atom is 0.333 e. The molecule has 90 valence electrons. The zero-order chi connectivity index (χ0) is 12.4. The fourth-order valence-corrected chi connectivity index (χ4v) is 1.53. The number of rotatable bonds is 3. The Morgan fingerprint density at radius 1 is 1.12 bits per heavy atom. The lowest BCUT2D eigenvalue weighted by molar-refractivity contribution is 0.0568. The predicted octanol–water partition coefficient (Wildman–Crippen LogP) is 3.01. The molecule has 0 aliphatic carbocycles. The van der Waals surface area contributed by atoms with Gasteiger partial charge >= 0.3 is 6.55 Å². The first kappa shape index (κ1) is 11.6. The number of benzene rings is 1. The number of alkyl halides is 2. The third kappa shape index (κ3) is 2.43. The zero-order valence-electron chi connectivity index (χ0n) is 9.64. The molecule has 0 aliphatic rings. The summed E-state index contributed by atoms with van der Waals surface area (Å²) in [5, 5.41) is 3.81. The van der Waals surface area contributed by atoms with Crippen LogP contribution in [0.15, 0.2) is 36.5 Å². The van der Waals surface area contributed by atoms with Crippen LogP contribution in [0.5, 0.6) is 0 Å². The van der Waals surface area contributed by atoms with Crippen LogP contribution in [0.1, 0.15) is 6.55 Å². The Hall–Kier alpha value is -1.91. The molecule has 1 aromatic carbocycles. The van der Waals surface area contributed by atoms with Crippen LogP contribution >= 0.6 is 0 Å². The van der Waals surface area contributed by atoms with Crippen molar-refractivity contribution in [3.8, 4) is 11.3 Å². The number of nitrogens with zero attached hydrogens (tertiary/aromatic N) is 3. The van der Waals surface area contributed by atoms with Crippen molar-refractivity contribution >= 4 is 5.69 Å². The summed E-state index contributed by atoms with van der Waals surface area (Å²) < 4.78 is 25.4. The Balaban J connectivity index is 2.27. The average Bonchev–Trinajstić information content (AvgIpc) is 2.78. The van der Waals surface area contributed by atoms with Crippen molar-refractivity contribution in [1.29, 1.82) is 0 Å². The van der Waals surface area contributed by atoms with Gasteiger partial charge < -0.3 is 4.90 Å². The molecule has 2 rings (SSSR count). The summed E-state index contributed by atoms with van der Waals surface area (Å²) in [4.78, 5) is 1.97. The van der Waals surface area contributed by atoms with Gasteiger partial charge in [-0.1, -0.05) is 12.1 Å². The van der Waals surface area contributed by atoms with Crippen molar-refractivity contribution in [3.05, 3.63) is 36.5 Å². The molecule has 17 heavy (non-hydrogen) atoms. The minimum Gasteiger partial charge on any atom is -0.378 e. The number of anilines is 1. The third-order valence-electron chi connectivity index (χ3n) is 2.49. The van der Waals surface area contributed by atoms with E-state index in [1.807, 2.05) is 43.3 Å². The van der Waals surface area contributed by atoms with Gasteiger partial charge in [0.05, 0.1) is 5.69 Å². The summed E-state index contributed by atoms with van der Waals surface area (Å²) in [5.41, 5.74) is 2.44. The molecule has 0 fully saturated rings. The molecule has 0 aliphatic heterocycles. The van der Waals surface area contributed by atoms with Crippen molar-refractivity contribution in [2.75, 3.05) is 19.0 Å². The van der Waals surface area contributed by atoms with E-state index in [-0.39, 0.29) is 0 Å². The molecule has 1 heterocycles. The van der Waals surface area contributed by atoms with Gasteiger partial charge in [-0.2, -0.15) is 13.9 Å². The highest BCUT2D eigenvalue weighted by Crippen LogP contribution is 2.22. The largest absolute Gasteiger partial charge is 0.378 e. The van der Waals surface area contributed by atoms with E-state index in [1.54, 1.807) is 6.07 Å². The monoisotopic (exact) mass is 237 g/mol. The highest BCUT2D eigenvalue weighted by molar-refractivity contribution is 5.62. The van der Waals surface area contributed by atoms with E-state index in [9.17, 15) is 8.78 Å². The lowest BCUT2D eigenvalue weighted by Crippen LogP contribution is -2.07. The summed E-state index contributed by atoms with van der Waals surface area (Å²) in [5.74, 6) is 0. The standard InChI is InChI=1S/C12H13F2N3/c1-16(2)10-5-3-9(4-6-10)11-7-8-17(15-11)12(13)14/h3-8,12H,1-2H3. The van der Waals surface area contributed by atoms with Crippen LogP contribution in [0.25, 0.3) is 11.3 Å². The van der Waals surface area contributed by atoms with Crippen LogP contribution in [-0.4, -0.2) is 23.9 Å². The Morgan fingerprint density at radius 3 is 2.24 bits per heavy atom. The maximum absolute atomic E-state index is 12.4. The lowest BCUT2D eigenvalue weighted by Gasteiger charge is -2.12. The van der Waals surface area contributed by atoms with Gasteiger partial charge in [-0.25, -0.2) is 4.68 Å². The van der Waals surface area contributed by atoms with Gasteiger partial charge in [0.25, 0.3) is 0 Å². The molecule has 1 aromatic heterocycles. The molecule has 0 amide bonds. The molecular formula is C12H13F2N3. The van der Waals surface area contributed by atoms with Gasteiger partial charge in [0.15, 0.2) is 0 Å². The SMILES string of the molecule is CN(C)c1ccc(-c2ccn(C(F)F)n2)cc1. The van der Waals surface area contributed by atoms with Gasteiger partial charge in [0, 0.05) is 31.5 Å². The van der Waals surface area contributed by atoms with Crippen LogP contribution in [0.2, 0.25) is 0 Å². The molecule has 3 nitrogen and oxygen atoms in total. The first-order valence-electron chi connectivity index (χ1n) is 5.19. The highest BCUT2D eigenvalue weighted by Gasteiger charge is 2.08. The van der Waals surface area contributed by atoms with Crippen LogP contribution in [-0.2, 0) is 0 Å². The summed E-state index contributed by atoms with van der Waals surface area (Å²) >= 11 is 0. The van der Waals surface area contributed by atoms with Gasteiger partial charge in [-0.05, 0) is 18.2 Å². The van der Waals surface area contributed by atoms with E-state index in [2.05, 4.69) is 5.10 Å². The smallest absolute Gasteiger partial charge is 0.333 e. The Kier molecular flexibility index (Phi) is 3.08. The molecule has 0 unspecified atom stereocenters. The molecule has 2 aromatic rings. The summed E-state index contributed by atoms with van der Waals surface area (Å²) in [6, 6.07) is 9.17. The van der Waals surface area contributed by atoms with Crippen molar-refractivity contribution in [3.63, 3.8) is 0 Å². The van der Waals surface area contributed by atoms with Gasteiger partial charge in [0.2, 0.25) is 0 Å². The molecule has 0 spiro atoms. The molecule has 0 radical (unpaired) electrons. The summed E-state index contributed by atoms with van der Waals surface area (Å²) in [6.07, 6.45) is 1.28. The second kappa shape index (κ2) is 4.53. The fraction of sp³-hybridized carbons (Fsp3) is 0.250. The summed E-state index contributed by atoms with van der Waals surface area (Å²) in [7, 11) is 3.89. The van der Waals surface area contributed by atoms with E-state index >= 15 is 0 Å². The quantitative estimate of drug-likeness (QED) is 0.818. The fourth-order valence-electron chi connectivity index (χ4n) is 1.53. The van der Waals surface area contributed by atoms with Gasteiger partial charge in [-0.3, -0.25) is 0 Å². The number of hydrogen-bond donors (Lipinski definition) is 0. The van der Waals surface area contributed by atoms with E-state index < -0.39 is 6.55 Å². The van der Waals surface area contributed by atoms with E-state index in [1.165, 1.54) is 6.20 Å². The van der Waals surface area contributed by atoms with Crippen LogP contribution in [0, 0.1) is 0 Å². The predicted molar refractivity (Wildman–Crippen MR) is 63.2 cm³/mol. The van der Waals surface area contributed by atoms with E-state index in [4.69, 9.17) is 0 Å². The molecule has 0 atom stereocenters. The highest BCUT2D eigenvalue weighted by atomic mass is 19.3. The second-order valence-electron chi connectivity index (χ2n) is 3.90. The number of hydrogen-bond acceptors (Lipinski definition) is 2. The minimum atomic E-state index is -2.59. The third-order valence-corrected chi connectivity index (χ3v) is 2.49. The molecule has 0 saturated heterocycles. The minimum absolute atomic E-state index is 0.551. The Morgan fingerprint density at radius 2 is 1.76 bits per heavy atom. The summed E-state index contributed by atoms with van der Waals surface area (Å²) in [6.45, 7) is -2.59. The topological polar surface area (TPSA) is 21.1 Å². The lowest BCUT2D eigenvalue weighted by atomic mass is 10.1. The molecular weight excluding hydrogens is 224 g/mol. The Labute approximate surface area is 98.3 Å². The van der Waals surface area contributed by atoms with Crippen molar-refractivity contribution in [1.82, 2.24) is 9.78 Å². The molecule has 0 N–H and O–H groups in total. The normalized spacial score (nSPS) is 10.9. The molecule has 5 heteroatoms. The van der Waals surface area contributed by atoms with Gasteiger partial charge in [-0.15, -0.1) is 0 Å².